The number of methoxy groups -OCH3 is 1. The topological polar surface area (TPSA) is 67.6 Å². The van der Waals surface area contributed by atoms with Crippen LogP contribution in [0.15, 0.2) is 12.1 Å². The fourth-order valence-corrected chi connectivity index (χ4v) is 3.82. The monoisotopic (exact) mass is 395 g/mol. The molecule has 2 fully saturated rings. The highest BCUT2D eigenvalue weighted by molar-refractivity contribution is 6.33. The van der Waals surface area contributed by atoms with E-state index in [9.17, 15) is 4.79 Å². The Balaban J connectivity index is 0.00000144. The van der Waals surface area contributed by atoms with E-state index in [1.807, 2.05) is 0 Å². The Bertz CT molecular complexity index is 586. The number of carbonyl (C=O) groups is 1. The summed E-state index contributed by atoms with van der Waals surface area (Å²) < 4.78 is 5.24. The van der Waals surface area contributed by atoms with Gasteiger partial charge in [0.15, 0.2) is 0 Å². The number of ether oxygens (including phenoxy) is 1. The largest absolute Gasteiger partial charge is 0.496 e. The first kappa shape index (κ1) is 21.2. The van der Waals surface area contributed by atoms with Gasteiger partial charge in [-0.3, -0.25) is 4.79 Å². The maximum atomic E-state index is 12.4. The zero-order chi connectivity index (χ0) is 15.7. The fraction of sp³-hybridized carbons (Fsp3) is 0.562. The highest BCUT2D eigenvalue weighted by Crippen LogP contribution is 2.32. The van der Waals surface area contributed by atoms with Crippen LogP contribution < -0.4 is 15.8 Å². The first-order chi connectivity index (χ1) is 10.6. The van der Waals surface area contributed by atoms with Crippen LogP contribution in [0.4, 0.5) is 5.69 Å². The number of nitrogens with two attached hydrogens (primary N) is 1. The summed E-state index contributed by atoms with van der Waals surface area (Å²) in [6.07, 6.45) is 3.68. The predicted octanol–water partition coefficient (Wildman–Crippen LogP) is 2.99. The average Bonchev–Trinajstić information content (AvgIpc) is 3.10. The molecule has 0 aromatic heterocycles. The highest BCUT2D eigenvalue weighted by atomic mass is 35.5. The molecule has 1 amide bonds. The Labute approximate surface area is 160 Å². The Kier molecular flexibility index (Phi) is 7.93. The van der Waals surface area contributed by atoms with Crippen LogP contribution in [0.25, 0.3) is 0 Å². The molecule has 1 aromatic rings. The van der Waals surface area contributed by atoms with Crippen LogP contribution in [-0.2, 0) is 0 Å². The van der Waals surface area contributed by atoms with Crippen molar-refractivity contribution in [3.05, 3.63) is 22.7 Å². The smallest absolute Gasteiger partial charge is 0.255 e. The third-order valence-corrected chi connectivity index (χ3v) is 5.16. The zero-order valence-electron chi connectivity index (χ0n) is 13.6. The molecule has 136 valence electrons. The lowest BCUT2D eigenvalue weighted by atomic mass is 9.98. The second-order valence-electron chi connectivity index (χ2n) is 6.08. The van der Waals surface area contributed by atoms with Gasteiger partial charge in [-0.2, -0.15) is 0 Å². The molecule has 0 spiro atoms. The summed E-state index contributed by atoms with van der Waals surface area (Å²) in [5.74, 6) is 0.838. The summed E-state index contributed by atoms with van der Waals surface area (Å²) in [6, 6.07) is 3.80. The number of nitrogens with zero attached hydrogens (tertiary/aromatic N) is 1. The lowest BCUT2D eigenvalue weighted by Gasteiger charge is -2.20. The lowest BCUT2D eigenvalue weighted by molar-refractivity contribution is 0.0941. The first-order valence-electron chi connectivity index (χ1n) is 7.75. The van der Waals surface area contributed by atoms with Gasteiger partial charge in [0.2, 0.25) is 0 Å². The second kappa shape index (κ2) is 8.99. The van der Waals surface area contributed by atoms with Crippen molar-refractivity contribution in [3.8, 4) is 5.75 Å². The summed E-state index contributed by atoms with van der Waals surface area (Å²) >= 11 is 6.02. The summed E-state index contributed by atoms with van der Waals surface area (Å²) in [5, 5.41) is 3.40. The minimum Gasteiger partial charge on any atom is -0.496 e. The van der Waals surface area contributed by atoms with Gasteiger partial charge in [-0.15, -0.1) is 24.8 Å². The molecule has 2 aliphatic rings. The zero-order valence-corrected chi connectivity index (χ0v) is 16.0. The number of halogens is 3. The molecule has 0 radical (unpaired) electrons. The molecule has 2 aliphatic heterocycles. The molecule has 3 N–H and O–H groups in total. The van der Waals surface area contributed by atoms with Gasteiger partial charge in [0.1, 0.15) is 5.75 Å². The summed E-state index contributed by atoms with van der Waals surface area (Å²) in [6.45, 7) is 3.06. The molecule has 0 unspecified atom stereocenters. The number of hydrogen-bond acceptors (Lipinski definition) is 4. The third-order valence-electron chi connectivity index (χ3n) is 4.83. The van der Waals surface area contributed by atoms with Crippen molar-refractivity contribution in [1.29, 1.82) is 0 Å². The molecule has 1 aromatic carbocycles. The van der Waals surface area contributed by atoms with Gasteiger partial charge in [0.05, 0.1) is 23.4 Å². The molecule has 2 atom stereocenters. The van der Waals surface area contributed by atoms with E-state index in [-0.39, 0.29) is 30.7 Å². The number of anilines is 1. The molecule has 2 saturated heterocycles. The molecular formula is C16H24Cl3N3O2. The van der Waals surface area contributed by atoms with Gasteiger partial charge in [0, 0.05) is 18.7 Å². The van der Waals surface area contributed by atoms with E-state index >= 15 is 0 Å². The Hall–Kier alpha value is -0.880. The van der Waals surface area contributed by atoms with Crippen molar-refractivity contribution in [2.45, 2.75) is 25.3 Å². The molecule has 24 heavy (non-hydrogen) atoms. The van der Waals surface area contributed by atoms with Crippen LogP contribution in [-0.4, -0.2) is 43.6 Å². The van der Waals surface area contributed by atoms with E-state index in [2.05, 4.69) is 10.2 Å². The van der Waals surface area contributed by atoms with Crippen molar-refractivity contribution in [1.82, 2.24) is 10.2 Å². The van der Waals surface area contributed by atoms with Gasteiger partial charge >= 0.3 is 0 Å². The van der Waals surface area contributed by atoms with Gasteiger partial charge in [0.25, 0.3) is 5.91 Å². The van der Waals surface area contributed by atoms with Crippen molar-refractivity contribution in [3.63, 3.8) is 0 Å². The Morgan fingerprint density at radius 1 is 1.38 bits per heavy atom. The first-order valence-corrected chi connectivity index (χ1v) is 8.13. The molecule has 0 bridgehead atoms. The van der Waals surface area contributed by atoms with E-state index in [1.54, 1.807) is 12.1 Å². The van der Waals surface area contributed by atoms with Gasteiger partial charge in [-0.1, -0.05) is 11.6 Å². The molecule has 0 saturated carbocycles. The number of nitrogens with one attached hydrogen (secondary N) is 1. The van der Waals surface area contributed by atoms with Crippen LogP contribution in [0.5, 0.6) is 5.75 Å². The number of fused-ring (bicyclic) bond motifs is 1. The minimum atomic E-state index is -0.157. The third kappa shape index (κ3) is 4.20. The molecular weight excluding hydrogens is 373 g/mol. The number of rotatable bonds is 4. The van der Waals surface area contributed by atoms with E-state index in [0.29, 0.717) is 40.5 Å². The minimum absolute atomic E-state index is 0. The molecule has 0 aliphatic carbocycles. The quantitative estimate of drug-likeness (QED) is 0.768. The summed E-state index contributed by atoms with van der Waals surface area (Å²) in [4.78, 5) is 15.0. The number of benzene rings is 1. The van der Waals surface area contributed by atoms with Crippen molar-refractivity contribution >= 4 is 48.0 Å². The van der Waals surface area contributed by atoms with Crippen molar-refractivity contribution < 1.29 is 9.53 Å². The van der Waals surface area contributed by atoms with Gasteiger partial charge in [-0.05, 0) is 44.3 Å². The van der Waals surface area contributed by atoms with Crippen LogP contribution in [0.2, 0.25) is 5.02 Å². The maximum Gasteiger partial charge on any atom is 0.255 e. The average molecular weight is 397 g/mol. The maximum absolute atomic E-state index is 12.4. The number of nitrogen functional groups attached to an aromatic ring is 1. The highest BCUT2D eigenvalue weighted by Gasteiger charge is 2.37. The number of hydrogen-bond donors (Lipinski definition) is 2. The second-order valence-corrected chi connectivity index (χ2v) is 6.49. The van der Waals surface area contributed by atoms with Gasteiger partial charge in [-0.25, -0.2) is 0 Å². The fourth-order valence-electron chi connectivity index (χ4n) is 3.66. The lowest BCUT2D eigenvalue weighted by Crippen LogP contribution is -2.35. The normalized spacial score (nSPS) is 22.2. The number of amides is 1. The molecule has 3 rings (SSSR count). The van der Waals surface area contributed by atoms with Crippen molar-refractivity contribution in [2.24, 2.45) is 5.92 Å². The summed E-state index contributed by atoms with van der Waals surface area (Å²) in [5.41, 5.74) is 6.59. The van der Waals surface area contributed by atoms with Gasteiger partial charge < -0.3 is 20.7 Å². The van der Waals surface area contributed by atoms with Crippen LogP contribution in [0.1, 0.15) is 29.6 Å². The van der Waals surface area contributed by atoms with Crippen LogP contribution in [0.3, 0.4) is 0 Å². The molecule has 2 heterocycles. The molecule has 5 nitrogen and oxygen atoms in total. The van der Waals surface area contributed by atoms with E-state index in [0.717, 1.165) is 13.0 Å². The summed E-state index contributed by atoms with van der Waals surface area (Å²) in [7, 11) is 1.52. The SMILES string of the molecule is COc1cc(N)c(Cl)cc1C(=O)NC[C@H]1CCN2CCC[C@@H]12.Cl.Cl. The Morgan fingerprint density at radius 2 is 2.12 bits per heavy atom. The number of carbonyl (C=O) groups excluding carboxylic acids is 1. The molecule has 8 heteroatoms. The standard InChI is InChI=1S/C16H22ClN3O2.2ClH/c1-22-15-8-13(18)12(17)7-11(15)16(21)19-9-10-4-6-20-5-2-3-14(10)20;;/h7-8,10,14H,2-6,9,18H2,1H3,(H,19,21);2*1H/t10-,14+;;/m1../s1. The van der Waals surface area contributed by atoms with E-state index in [1.165, 1.54) is 26.5 Å². The van der Waals surface area contributed by atoms with E-state index < -0.39 is 0 Å². The predicted molar refractivity (Wildman–Crippen MR) is 102 cm³/mol. The Morgan fingerprint density at radius 3 is 2.83 bits per heavy atom. The van der Waals surface area contributed by atoms with Crippen molar-refractivity contribution in [2.75, 3.05) is 32.5 Å². The van der Waals surface area contributed by atoms with Crippen LogP contribution >= 0.6 is 36.4 Å². The van der Waals surface area contributed by atoms with Crippen LogP contribution in [0, 0.1) is 5.92 Å². The van der Waals surface area contributed by atoms with E-state index in [4.69, 9.17) is 22.1 Å².